The smallest absolute Gasteiger partial charge is 0.244 e. The molecular formula is C9H11NO3S. The van der Waals surface area contributed by atoms with E-state index in [2.05, 4.69) is 4.72 Å². The van der Waals surface area contributed by atoms with Gasteiger partial charge in [-0.1, -0.05) is 12.1 Å². The van der Waals surface area contributed by atoms with Crippen LogP contribution < -0.4 is 9.46 Å². The molecule has 0 bridgehead atoms. The molecule has 0 fully saturated rings. The highest BCUT2D eigenvalue weighted by Crippen LogP contribution is 2.25. The van der Waals surface area contributed by atoms with Crippen LogP contribution in [0.1, 0.15) is 6.92 Å². The lowest BCUT2D eigenvalue weighted by atomic mass is 10.3. The Morgan fingerprint density at radius 3 is 2.93 bits per heavy atom. The fourth-order valence-corrected chi connectivity index (χ4v) is 2.58. The molecule has 1 unspecified atom stereocenters. The van der Waals surface area contributed by atoms with Crippen LogP contribution in [0, 0.1) is 0 Å². The Bertz CT molecular complexity index is 441. The number of para-hydroxylation sites is 1. The predicted molar refractivity (Wildman–Crippen MR) is 51.7 cm³/mol. The highest BCUT2D eigenvalue weighted by Gasteiger charge is 2.24. The van der Waals surface area contributed by atoms with Crippen molar-refractivity contribution in [2.45, 2.75) is 17.9 Å². The van der Waals surface area contributed by atoms with Crippen molar-refractivity contribution in [3.8, 4) is 5.75 Å². The fraction of sp³-hybridized carbons (Fsp3) is 0.333. The number of benzene rings is 1. The summed E-state index contributed by atoms with van der Waals surface area (Å²) in [7, 11) is -3.39. The Morgan fingerprint density at radius 2 is 2.14 bits per heavy atom. The predicted octanol–water partition coefficient (Wildman–Crippen LogP) is 0.746. The molecule has 2 rings (SSSR count). The first kappa shape index (κ1) is 9.48. The topological polar surface area (TPSA) is 55.4 Å². The summed E-state index contributed by atoms with van der Waals surface area (Å²) in [5.41, 5.74) is 0. The SMILES string of the molecule is CC1CNS(=O)(=O)c2ccccc2O1. The number of rotatable bonds is 0. The van der Waals surface area contributed by atoms with Gasteiger partial charge >= 0.3 is 0 Å². The molecule has 0 aliphatic carbocycles. The second kappa shape index (κ2) is 3.25. The lowest BCUT2D eigenvalue weighted by molar-refractivity contribution is 0.224. The number of nitrogens with one attached hydrogen (secondary N) is 1. The summed E-state index contributed by atoms with van der Waals surface area (Å²) in [5, 5.41) is 0. The van der Waals surface area contributed by atoms with Gasteiger partial charge in [-0.2, -0.15) is 0 Å². The number of fused-ring (bicyclic) bond motifs is 1. The summed E-state index contributed by atoms with van der Waals surface area (Å²) in [6.07, 6.45) is -0.145. The van der Waals surface area contributed by atoms with Gasteiger partial charge in [0.15, 0.2) is 0 Å². The van der Waals surface area contributed by atoms with Crippen LogP contribution in [-0.4, -0.2) is 21.1 Å². The van der Waals surface area contributed by atoms with Crippen molar-refractivity contribution in [1.29, 1.82) is 0 Å². The molecule has 0 saturated heterocycles. The van der Waals surface area contributed by atoms with Crippen LogP contribution in [0.3, 0.4) is 0 Å². The third kappa shape index (κ3) is 1.60. The lowest BCUT2D eigenvalue weighted by Crippen LogP contribution is -2.29. The van der Waals surface area contributed by atoms with Crippen molar-refractivity contribution in [3.63, 3.8) is 0 Å². The molecule has 1 aliphatic rings. The standard InChI is InChI=1S/C9H11NO3S/c1-7-6-10-14(11,12)9-5-3-2-4-8(9)13-7/h2-5,7,10H,6H2,1H3. The van der Waals surface area contributed by atoms with Gasteiger partial charge in [0.25, 0.3) is 0 Å². The highest BCUT2D eigenvalue weighted by molar-refractivity contribution is 7.89. The third-order valence-corrected chi connectivity index (χ3v) is 3.49. The van der Waals surface area contributed by atoms with E-state index in [1.165, 1.54) is 6.07 Å². The highest BCUT2D eigenvalue weighted by atomic mass is 32.2. The van der Waals surface area contributed by atoms with Crippen molar-refractivity contribution < 1.29 is 13.2 Å². The van der Waals surface area contributed by atoms with Crippen LogP contribution in [0.4, 0.5) is 0 Å². The number of sulfonamides is 1. The molecule has 5 heteroatoms. The normalized spacial score (nSPS) is 24.5. The molecule has 1 heterocycles. The minimum Gasteiger partial charge on any atom is -0.488 e. The number of hydrogen-bond acceptors (Lipinski definition) is 3. The molecule has 1 N–H and O–H groups in total. The van der Waals surface area contributed by atoms with Crippen LogP contribution in [0.2, 0.25) is 0 Å². The summed E-state index contributed by atoms with van der Waals surface area (Å²) in [6, 6.07) is 6.63. The first-order valence-electron chi connectivity index (χ1n) is 4.35. The Morgan fingerprint density at radius 1 is 1.43 bits per heavy atom. The molecule has 0 aromatic heterocycles. The monoisotopic (exact) mass is 213 g/mol. The molecule has 1 aromatic rings. The van der Waals surface area contributed by atoms with E-state index in [-0.39, 0.29) is 11.0 Å². The zero-order chi connectivity index (χ0) is 10.2. The number of ether oxygens (including phenoxy) is 1. The molecule has 76 valence electrons. The van der Waals surface area contributed by atoms with E-state index < -0.39 is 10.0 Å². The minimum atomic E-state index is -3.39. The van der Waals surface area contributed by atoms with Gasteiger partial charge in [0, 0.05) is 6.54 Å². The van der Waals surface area contributed by atoms with Gasteiger partial charge in [0.1, 0.15) is 16.7 Å². The van der Waals surface area contributed by atoms with Gasteiger partial charge in [0.2, 0.25) is 10.0 Å². The maximum absolute atomic E-state index is 11.6. The molecule has 1 atom stereocenters. The van der Waals surface area contributed by atoms with Crippen LogP contribution >= 0.6 is 0 Å². The molecular weight excluding hydrogens is 202 g/mol. The van der Waals surface area contributed by atoms with E-state index in [0.717, 1.165) is 0 Å². The maximum atomic E-state index is 11.6. The second-order valence-corrected chi connectivity index (χ2v) is 4.96. The first-order valence-corrected chi connectivity index (χ1v) is 5.83. The van der Waals surface area contributed by atoms with Gasteiger partial charge < -0.3 is 4.74 Å². The molecule has 0 radical (unpaired) electrons. The second-order valence-electron chi connectivity index (χ2n) is 3.23. The lowest BCUT2D eigenvalue weighted by Gasteiger charge is -2.09. The minimum absolute atomic E-state index is 0.145. The van der Waals surface area contributed by atoms with E-state index in [0.29, 0.717) is 12.3 Å². The average Bonchev–Trinajstić information content (AvgIpc) is 2.25. The summed E-state index contributed by atoms with van der Waals surface area (Å²) in [4.78, 5) is 0.212. The van der Waals surface area contributed by atoms with Crippen molar-refractivity contribution in [1.82, 2.24) is 4.72 Å². The summed E-state index contributed by atoms with van der Waals surface area (Å²) < 4.78 is 31.2. The molecule has 4 nitrogen and oxygen atoms in total. The van der Waals surface area contributed by atoms with E-state index in [4.69, 9.17) is 4.74 Å². The molecule has 0 saturated carbocycles. The summed E-state index contributed by atoms with van der Waals surface area (Å²) >= 11 is 0. The Labute approximate surface area is 82.9 Å². The molecule has 0 spiro atoms. The Kier molecular flexibility index (Phi) is 2.20. The van der Waals surface area contributed by atoms with E-state index >= 15 is 0 Å². The van der Waals surface area contributed by atoms with Crippen LogP contribution in [0.25, 0.3) is 0 Å². The fourth-order valence-electron chi connectivity index (χ4n) is 1.33. The van der Waals surface area contributed by atoms with Gasteiger partial charge in [-0.3, -0.25) is 0 Å². The molecule has 14 heavy (non-hydrogen) atoms. The van der Waals surface area contributed by atoms with Crippen molar-refractivity contribution in [3.05, 3.63) is 24.3 Å². The summed E-state index contributed by atoms with van der Waals surface area (Å²) in [5.74, 6) is 0.421. The molecule has 1 aliphatic heterocycles. The number of hydrogen-bond donors (Lipinski definition) is 1. The maximum Gasteiger partial charge on any atom is 0.244 e. The van der Waals surface area contributed by atoms with E-state index in [1.807, 2.05) is 6.92 Å². The molecule has 1 aromatic carbocycles. The van der Waals surface area contributed by atoms with Crippen LogP contribution in [-0.2, 0) is 10.0 Å². The van der Waals surface area contributed by atoms with Gasteiger partial charge in [-0.25, -0.2) is 13.1 Å². The Hall–Kier alpha value is -1.07. The van der Waals surface area contributed by atoms with Gasteiger partial charge in [-0.15, -0.1) is 0 Å². The summed E-state index contributed by atoms with van der Waals surface area (Å²) in [6.45, 7) is 2.13. The third-order valence-electron chi connectivity index (χ3n) is 2.03. The van der Waals surface area contributed by atoms with Gasteiger partial charge in [-0.05, 0) is 19.1 Å². The molecule has 0 amide bonds. The average molecular weight is 213 g/mol. The van der Waals surface area contributed by atoms with Crippen molar-refractivity contribution in [2.24, 2.45) is 0 Å². The largest absolute Gasteiger partial charge is 0.488 e. The Balaban J connectivity index is 2.58. The van der Waals surface area contributed by atoms with E-state index in [9.17, 15) is 8.42 Å². The quantitative estimate of drug-likeness (QED) is 0.691. The van der Waals surface area contributed by atoms with Crippen molar-refractivity contribution >= 4 is 10.0 Å². The van der Waals surface area contributed by atoms with Crippen molar-refractivity contribution in [2.75, 3.05) is 6.54 Å². The van der Waals surface area contributed by atoms with Crippen LogP contribution in [0.5, 0.6) is 5.75 Å². The zero-order valence-corrected chi connectivity index (χ0v) is 8.54. The zero-order valence-electron chi connectivity index (χ0n) is 7.73. The van der Waals surface area contributed by atoms with E-state index in [1.54, 1.807) is 18.2 Å². The first-order chi connectivity index (χ1) is 6.59. The van der Waals surface area contributed by atoms with Gasteiger partial charge in [0.05, 0.1) is 0 Å². The van der Waals surface area contributed by atoms with Crippen LogP contribution in [0.15, 0.2) is 29.2 Å².